The number of piperazine rings is 1. The molecule has 3 heteroatoms. The van der Waals surface area contributed by atoms with E-state index in [0.717, 1.165) is 18.8 Å². The molecule has 1 aromatic carbocycles. The lowest BCUT2D eigenvalue weighted by atomic mass is 9.96. The summed E-state index contributed by atoms with van der Waals surface area (Å²) >= 11 is 0. The van der Waals surface area contributed by atoms with E-state index in [2.05, 4.69) is 56.1 Å². The zero-order valence-corrected chi connectivity index (χ0v) is 12.3. The quantitative estimate of drug-likeness (QED) is 0.840. The Hall–Kier alpha value is -1.22. The average molecular weight is 260 g/mol. The molecule has 1 fully saturated rings. The van der Waals surface area contributed by atoms with Crippen LogP contribution in [0.1, 0.15) is 33.3 Å². The van der Waals surface area contributed by atoms with Crippen LogP contribution in [0.5, 0.6) is 5.75 Å². The van der Waals surface area contributed by atoms with Gasteiger partial charge >= 0.3 is 0 Å². The highest BCUT2D eigenvalue weighted by Crippen LogP contribution is 2.33. The molecular formula is C16H24N2O. The van der Waals surface area contributed by atoms with Crippen LogP contribution in [-0.2, 0) is 6.42 Å². The first kappa shape index (κ1) is 12.8. The molecule has 0 radical (unpaired) electrons. The van der Waals surface area contributed by atoms with Crippen molar-refractivity contribution in [3.63, 3.8) is 0 Å². The molecule has 1 N–H and O–H groups in total. The van der Waals surface area contributed by atoms with Gasteiger partial charge in [0.25, 0.3) is 0 Å². The van der Waals surface area contributed by atoms with E-state index in [9.17, 15) is 0 Å². The second kappa shape index (κ2) is 4.71. The first-order valence-corrected chi connectivity index (χ1v) is 7.38. The van der Waals surface area contributed by atoms with Crippen LogP contribution < -0.4 is 15.0 Å². The molecule has 0 amide bonds. The van der Waals surface area contributed by atoms with Crippen LogP contribution in [0.25, 0.3) is 0 Å². The molecule has 0 bridgehead atoms. The van der Waals surface area contributed by atoms with Gasteiger partial charge in [-0.2, -0.15) is 0 Å². The van der Waals surface area contributed by atoms with Gasteiger partial charge in [0, 0.05) is 36.3 Å². The molecule has 1 aromatic rings. The number of nitrogens with zero attached hydrogens (tertiary/aromatic N) is 1. The largest absolute Gasteiger partial charge is 0.493 e. The fraction of sp³-hybridized carbons (Fsp3) is 0.625. The third-order valence-corrected chi connectivity index (χ3v) is 4.82. The van der Waals surface area contributed by atoms with Crippen LogP contribution in [0, 0.1) is 0 Å². The van der Waals surface area contributed by atoms with Crippen molar-refractivity contribution in [2.45, 2.75) is 58.3 Å². The zero-order chi connectivity index (χ0) is 13.6. The average Bonchev–Trinajstić information content (AvgIpc) is 2.84. The molecule has 104 valence electrons. The maximum Gasteiger partial charge on any atom is 0.122 e. The number of hydrogen-bond donors (Lipinski definition) is 1. The molecule has 3 nitrogen and oxygen atoms in total. The van der Waals surface area contributed by atoms with Crippen molar-refractivity contribution in [2.24, 2.45) is 0 Å². The summed E-state index contributed by atoms with van der Waals surface area (Å²) in [6, 6.07) is 8.70. The lowest BCUT2D eigenvalue weighted by Gasteiger charge is -2.48. The maximum atomic E-state index is 5.61. The highest BCUT2D eigenvalue weighted by atomic mass is 16.5. The van der Waals surface area contributed by atoms with Gasteiger partial charge in [-0.3, -0.25) is 0 Å². The molecule has 2 aliphatic heterocycles. The smallest absolute Gasteiger partial charge is 0.122 e. The van der Waals surface area contributed by atoms with Crippen molar-refractivity contribution in [1.82, 2.24) is 5.32 Å². The van der Waals surface area contributed by atoms with E-state index in [-0.39, 0.29) is 0 Å². The van der Waals surface area contributed by atoms with Gasteiger partial charge < -0.3 is 15.0 Å². The fourth-order valence-corrected chi connectivity index (χ4v) is 3.35. The van der Waals surface area contributed by atoms with Gasteiger partial charge in [-0.05, 0) is 51.5 Å². The van der Waals surface area contributed by atoms with Crippen molar-refractivity contribution in [3.8, 4) is 5.75 Å². The second-order valence-electron chi connectivity index (χ2n) is 6.02. The van der Waals surface area contributed by atoms with Crippen molar-refractivity contribution >= 4 is 5.69 Å². The molecule has 4 unspecified atom stereocenters. The van der Waals surface area contributed by atoms with Crippen molar-refractivity contribution in [2.75, 3.05) is 11.5 Å². The van der Waals surface area contributed by atoms with Crippen LogP contribution in [0.15, 0.2) is 18.2 Å². The van der Waals surface area contributed by atoms with E-state index in [0.29, 0.717) is 24.2 Å². The molecular weight excluding hydrogens is 236 g/mol. The van der Waals surface area contributed by atoms with E-state index in [1.54, 1.807) is 0 Å². The van der Waals surface area contributed by atoms with E-state index in [1.165, 1.54) is 11.3 Å². The van der Waals surface area contributed by atoms with Crippen LogP contribution in [0.2, 0.25) is 0 Å². The number of rotatable bonds is 1. The highest BCUT2D eigenvalue weighted by molar-refractivity contribution is 5.56. The van der Waals surface area contributed by atoms with Crippen molar-refractivity contribution < 1.29 is 4.74 Å². The normalized spacial score (nSPS) is 34.0. The first-order chi connectivity index (χ1) is 9.08. The van der Waals surface area contributed by atoms with Gasteiger partial charge in [0.1, 0.15) is 5.75 Å². The van der Waals surface area contributed by atoms with Crippen LogP contribution in [0.3, 0.4) is 0 Å². The minimum absolute atomic E-state index is 0.506. The van der Waals surface area contributed by atoms with Gasteiger partial charge in [-0.15, -0.1) is 0 Å². The van der Waals surface area contributed by atoms with Crippen molar-refractivity contribution in [1.29, 1.82) is 0 Å². The monoisotopic (exact) mass is 260 g/mol. The molecule has 4 atom stereocenters. The van der Waals surface area contributed by atoms with Gasteiger partial charge in [-0.1, -0.05) is 0 Å². The van der Waals surface area contributed by atoms with Gasteiger partial charge in [-0.25, -0.2) is 0 Å². The minimum atomic E-state index is 0.506. The van der Waals surface area contributed by atoms with Gasteiger partial charge in [0.15, 0.2) is 0 Å². The van der Waals surface area contributed by atoms with Crippen LogP contribution >= 0.6 is 0 Å². The predicted octanol–water partition coefficient (Wildman–Crippen LogP) is 2.59. The Kier molecular flexibility index (Phi) is 3.17. The molecule has 1 saturated heterocycles. The molecule has 0 aromatic heterocycles. The summed E-state index contributed by atoms with van der Waals surface area (Å²) in [6.45, 7) is 10.00. The Morgan fingerprint density at radius 1 is 1.11 bits per heavy atom. The molecule has 2 heterocycles. The fourth-order valence-electron chi connectivity index (χ4n) is 3.35. The lowest BCUT2D eigenvalue weighted by Crippen LogP contribution is -2.64. The number of fused-ring (bicyclic) bond motifs is 1. The number of benzene rings is 1. The van der Waals surface area contributed by atoms with Crippen LogP contribution in [0.4, 0.5) is 5.69 Å². The minimum Gasteiger partial charge on any atom is -0.493 e. The van der Waals surface area contributed by atoms with E-state index in [4.69, 9.17) is 4.74 Å². The topological polar surface area (TPSA) is 24.5 Å². The SMILES string of the molecule is CC1NC(C)C(C)N(c2ccc3c(c2)CCO3)C1C. The van der Waals surface area contributed by atoms with Crippen LogP contribution in [-0.4, -0.2) is 30.8 Å². The summed E-state index contributed by atoms with van der Waals surface area (Å²) in [5.74, 6) is 1.07. The molecule has 0 aliphatic carbocycles. The summed E-state index contributed by atoms with van der Waals surface area (Å²) < 4.78 is 5.61. The number of ether oxygens (including phenoxy) is 1. The maximum absolute atomic E-state index is 5.61. The number of hydrogen-bond acceptors (Lipinski definition) is 3. The summed E-state index contributed by atoms with van der Waals surface area (Å²) in [6.07, 6.45) is 1.04. The Balaban J connectivity index is 1.94. The highest BCUT2D eigenvalue weighted by Gasteiger charge is 2.34. The van der Waals surface area contributed by atoms with E-state index < -0.39 is 0 Å². The van der Waals surface area contributed by atoms with Gasteiger partial charge in [0.05, 0.1) is 6.61 Å². The number of anilines is 1. The Morgan fingerprint density at radius 3 is 2.47 bits per heavy atom. The van der Waals surface area contributed by atoms with Crippen molar-refractivity contribution in [3.05, 3.63) is 23.8 Å². The lowest BCUT2D eigenvalue weighted by molar-refractivity contribution is 0.294. The molecule has 2 aliphatic rings. The second-order valence-corrected chi connectivity index (χ2v) is 6.02. The summed E-state index contributed by atoms with van der Waals surface area (Å²) in [5, 5.41) is 3.66. The van der Waals surface area contributed by atoms with Gasteiger partial charge in [0.2, 0.25) is 0 Å². The molecule has 19 heavy (non-hydrogen) atoms. The Morgan fingerprint density at radius 2 is 1.79 bits per heavy atom. The third-order valence-electron chi connectivity index (χ3n) is 4.82. The first-order valence-electron chi connectivity index (χ1n) is 7.38. The Bertz CT molecular complexity index is 460. The summed E-state index contributed by atoms with van der Waals surface area (Å²) in [4.78, 5) is 2.56. The summed E-state index contributed by atoms with van der Waals surface area (Å²) in [5.41, 5.74) is 2.69. The third kappa shape index (κ3) is 2.10. The Labute approximate surface area is 115 Å². The van der Waals surface area contributed by atoms with E-state index >= 15 is 0 Å². The van der Waals surface area contributed by atoms with E-state index in [1.807, 2.05) is 0 Å². The summed E-state index contributed by atoms with van der Waals surface area (Å²) in [7, 11) is 0. The molecule has 0 saturated carbocycles. The molecule has 3 rings (SSSR count). The molecule has 0 spiro atoms. The standard InChI is InChI=1S/C16H24N2O/c1-10-12(3)18(13(4)11(2)17-10)15-5-6-16-14(9-15)7-8-19-16/h5-6,9-13,17H,7-8H2,1-4H3. The number of nitrogens with one attached hydrogen (secondary N) is 1. The predicted molar refractivity (Wildman–Crippen MR) is 79.1 cm³/mol. The zero-order valence-electron chi connectivity index (χ0n) is 12.3.